The van der Waals surface area contributed by atoms with E-state index >= 15 is 0 Å². The maximum atomic E-state index is 13.3. The van der Waals surface area contributed by atoms with E-state index in [-0.39, 0.29) is 11.7 Å². The van der Waals surface area contributed by atoms with Crippen LogP contribution >= 0.6 is 0 Å². The van der Waals surface area contributed by atoms with Gasteiger partial charge in [-0.15, -0.1) is 0 Å². The normalized spacial score (nSPS) is 14.2. The van der Waals surface area contributed by atoms with E-state index in [0.717, 1.165) is 5.56 Å². The first-order valence-corrected chi connectivity index (χ1v) is 9.93. The Morgan fingerprint density at radius 3 is 2.06 bits per heavy atom. The van der Waals surface area contributed by atoms with Crippen LogP contribution < -0.4 is 10.6 Å². The van der Waals surface area contributed by atoms with Crippen molar-refractivity contribution in [1.82, 2.24) is 4.98 Å². The number of hydrogen-bond donors (Lipinski definition) is 1. The number of nitrogens with two attached hydrogens (primary N) is 1. The lowest BCUT2D eigenvalue weighted by molar-refractivity contribution is -0.133. The molecular weight excluding hydrogens is 390 g/mol. The Bertz CT molecular complexity index is 1140. The molecule has 154 valence electrons. The Morgan fingerprint density at radius 2 is 1.48 bits per heavy atom. The predicted molar refractivity (Wildman–Crippen MR) is 118 cm³/mol. The van der Waals surface area contributed by atoms with Gasteiger partial charge in [-0.05, 0) is 73.0 Å². The molecule has 0 spiro atoms. The van der Waals surface area contributed by atoms with Crippen molar-refractivity contribution in [2.45, 2.75) is 12.8 Å². The third-order valence-corrected chi connectivity index (χ3v) is 5.39. The lowest BCUT2D eigenvalue weighted by Crippen LogP contribution is -2.41. The predicted octanol–water partition coefficient (Wildman–Crippen LogP) is 3.91. The minimum atomic E-state index is -1.16. The second-order valence-electron chi connectivity index (χ2n) is 7.45. The average Bonchev–Trinajstić information content (AvgIpc) is 3.62. The van der Waals surface area contributed by atoms with Gasteiger partial charge in [0.25, 0.3) is 0 Å². The summed E-state index contributed by atoms with van der Waals surface area (Å²) >= 11 is 0. The van der Waals surface area contributed by atoms with Crippen molar-refractivity contribution in [2.75, 3.05) is 4.90 Å². The molecule has 2 N–H and O–H groups in total. The van der Waals surface area contributed by atoms with Crippen LogP contribution in [0.3, 0.4) is 0 Å². The number of para-hydroxylation sites is 1. The number of ketones is 1. The van der Waals surface area contributed by atoms with Crippen LogP contribution in [-0.4, -0.2) is 22.6 Å². The number of benzene rings is 2. The maximum Gasteiger partial charge on any atom is 0.247 e. The van der Waals surface area contributed by atoms with Crippen LogP contribution in [-0.2, 0) is 9.59 Å². The highest BCUT2D eigenvalue weighted by Crippen LogP contribution is 2.49. The van der Waals surface area contributed by atoms with Crippen molar-refractivity contribution >= 4 is 35.0 Å². The van der Waals surface area contributed by atoms with Gasteiger partial charge in [0.15, 0.2) is 5.78 Å². The molecule has 0 atom stereocenters. The Balaban J connectivity index is 1.61. The minimum Gasteiger partial charge on any atom is -0.369 e. The molecule has 3 aromatic rings. The van der Waals surface area contributed by atoms with Gasteiger partial charge in [-0.25, -0.2) is 0 Å². The zero-order valence-electron chi connectivity index (χ0n) is 16.8. The zero-order valence-corrected chi connectivity index (χ0v) is 16.8. The number of rotatable bonds is 7. The topological polar surface area (TPSA) is 93.4 Å². The van der Waals surface area contributed by atoms with Gasteiger partial charge in [-0.2, -0.15) is 0 Å². The maximum absolute atomic E-state index is 13.3. The number of allylic oxidation sites excluding steroid dienone is 1. The minimum absolute atomic E-state index is 0.156. The quantitative estimate of drug-likeness (QED) is 0.362. The molecule has 2 amide bonds. The van der Waals surface area contributed by atoms with E-state index in [2.05, 4.69) is 4.98 Å². The molecule has 1 heterocycles. The molecule has 0 bridgehead atoms. The van der Waals surface area contributed by atoms with Crippen LogP contribution in [0, 0.1) is 5.41 Å². The second-order valence-corrected chi connectivity index (χ2v) is 7.45. The Kier molecular flexibility index (Phi) is 5.45. The molecule has 2 aromatic carbocycles. The molecule has 1 saturated carbocycles. The summed E-state index contributed by atoms with van der Waals surface area (Å²) in [6.45, 7) is 0. The van der Waals surface area contributed by atoms with Crippen molar-refractivity contribution < 1.29 is 14.4 Å². The number of amides is 2. The molecule has 6 heteroatoms. The molecule has 0 unspecified atom stereocenters. The Labute approximate surface area is 180 Å². The monoisotopic (exact) mass is 411 g/mol. The van der Waals surface area contributed by atoms with Crippen molar-refractivity contribution in [3.8, 4) is 0 Å². The van der Waals surface area contributed by atoms with Crippen LogP contribution in [0.1, 0.15) is 28.8 Å². The molecule has 4 rings (SSSR count). The molecule has 1 aromatic heterocycles. The van der Waals surface area contributed by atoms with Crippen LogP contribution in [0.2, 0.25) is 0 Å². The molecule has 31 heavy (non-hydrogen) atoms. The van der Waals surface area contributed by atoms with E-state index in [1.165, 1.54) is 11.0 Å². The summed E-state index contributed by atoms with van der Waals surface area (Å²) in [5, 5.41) is 0. The Hall–Kier alpha value is -4.06. The van der Waals surface area contributed by atoms with E-state index in [0.29, 0.717) is 29.8 Å². The lowest BCUT2D eigenvalue weighted by atomic mass is 10.0. The van der Waals surface area contributed by atoms with Gasteiger partial charge in [0.2, 0.25) is 11.8 Å². The van der Waals surface area contributed by atoms with E-state index in [1.807, 2.05) is 30.3 Å². The fraction of sp³-hybridized carbons (Fsp3) is 0.120. The van der Waals surface area contributed by atoms with Crippen molar-refractivity contribution in [3.05, 3.63) is 96.3 Å². The number of pyridine rings is 1. The van der Waals surface area contributed by atoms with Crippen molar-refractivity contribution in [3.63, 3.8) is 0 Å². The molecule has 0 saturated heterocycles. The second kappa shape index (κ2) is 8.36. The molecule has 0 aliphatic heterocycles. The summed E-state index contributed by atoms with van der Waals surface area (Å²) in [4.78, 5) is 43.2. The molecule has 6 nitrogen and oxygen atoms in total. The van der Waals surface area contributed by atoms with E-state index in [9.17, 15) is 14.4 Å². The van der Waals surface area contributed by atoms with Crippen LogP contribution in [0.25, 0.3) is 6.08 Å². The smallest absolute Gasteiger partial charge is 0.247 e. The van der Waals surface area contributed by atoms with E-state index in [1.54, 1.807) is 54.9 Å². The first kappa shape index (κ1) is 20.2. The number of aromatic nitrogens is 1. The average molecular weight is 411 g/mol. The zero-order chi connectivity index (χ0) is 21.8. The number of hydrogen-bond acceptors (Lipinski definition) is 4. The van der Waals surface area contributed by atoms with Crippen molar-refractivity contribution in [2.24, 2.45) is 11.1 Å². The first-order valence-electron chi connectivity index (χ1n) is 9.93. The number of nitrogens with zero attached hydrogens (tertiary/aromatic N) is 2. The van der Waals surface area contributed by atoms with Gasteiger partial charge < -0.3 is 5.73 Å². The highest BCUT2D eigenvalue weighted by molar-refractivity contribution is 6.16. The third kappa shape index (κ3) is 4.14. The summed E-state index contributed by atoms with van der Waals surface area (Å²) < 4.78 is 0. The highest BCUT2D eigenvalue weighted by atomic mass is 16.2. The molecular formula is C25H21N3O3. The van der Waals surface area contributed by atoms with Gasteiger partial charge in [0.1, 0.15) is 5.41 Å². The van der Waals surface area contributed by atoms with Crippen LogP contribution in [0.15, 0.2) is 85.2 Å². The Morgan fingerprint density at radius 1 is 0.871 bits per heavy atom. The van der Waals surface area contributed by atoms with Crippen LogP contribution in [0.5, 0.6) is 0 Å². The van der Waals surface area contributed by atoms with Crippen molar-refractivity contribution in [1.29, 1.82) is 0 Å². The summed E-state index contributed by atoms with van der Waals surface area (Å²) in [7, 11) is 0. The summed E-state index contributed by atoms with van der Waals surface area (Å²) in [6, 6.07) is 19.4. The first-order chi connectivity index (χ1) is 15.0. The lowest BCUT2D eigenvalue weighted by Gasteiger charge is -2.26. The van der Waals surface area contributed by atoms with E-state index < -0.39 is 11.3 Å². The molecule has 0 radical (unpaired) electrons. The number of primary amides is 1. The number of carbonyl (C=O) groups is 3. The summed E-state index contributed by atoms with van der Waals surface area (Å²) in [6.07, 6.45) is 7.43. The fourth-order valence-electron chi connectivity index (χ4n) is 3.38. The standard InChI is InChI=1S/C25H21N3O3/c26-23(30)25(14-15-25)24(31)28(20-4-2-1-3-5-20)21-9-7-19(8-10-21)22(29)11-6-18-12-16-27-17-13-18/h1-13,16-17H,14-15H2,(H2,26,30)/b11-6+. The highest BCUT2D eigenvalue weighted by Gasteiger charge is 2.57. The fourth-order valence-corrected chi connectivity index (χ4v) is 3.38. The summed E-state index contributed by atoms with van der Waals surface area (Å²) in [5.74, 6) is -1.11. The largest absolute Gasteiger partial charge is 0.369 e. The van der Waals surface area contributed by atoms with Gasteiger partial charge in [0, 0.05) is 29.3 Å². The number of carbonyl (C=O) groups excluding carboxylic acids is 3. The molecule has 1 aliphatic carbocycles. The third-order valence-electron chi connectivity index (χ3n) is 5.39. The van der Waals surface area contributed by atoms with Gasteiger partial charge >= 0.3 is 0 Å². The van der Waals surface area contributed by atoms with Gasteiger partial charge in [-0.3, -0.25) is 24.3 Å². The SMILES string of the molecule is NC(=O)C1(C(=O)N(c2ccccc2)c2ccc(C(=O)/C=C/c3ccncc3)cc2)CC1. The molecule has 1 aliphatic rings. The number of anilines is 2. The van der Waals surface area contributed by atoms with E-state index in [4.69, 9.17) is 5.73 Å². The van der Waals surface area contributed by atoms with Crippen LogP contribution in [0.4, 0.5) is 11.4 Å². The summed E-state index contributed by atoms with van der Waals surface area (Å²) in [5.41, 5.74) is 6.95. The molecule has 1 fully saturated rings. The van der Waals surface area contributed by atoms with Gasteiger partial charge in [0.05, 0.1) is 0 Å². The van der Waals surface area contributed by atoms with Gasteiger partial charge in [-0.1, -0.05) is 24.3 Å².